The lowest BCUT2D eigenvalue weighted by atomic mass is 10.3. The molecule has 0 aliphatic carbocycles. The molecule has 0 radical (unpaired) electrons. The summed E-state index contributed by atoms with van der Waals surface area (Å²) in [6.45, 7) is 0. The van der Waals surface area contributed by atoms with Crippen molar-refractivity contribution in [2.24, 2.45) is 0 Å². The lowest BCUT2D eigenvalue weighted by Gasteiger charge is -1.78. The predicted octanol–water partition coefficient (Wildman–Crippen LogP) is 2.69. The summed E-state index contributed by atoms with van der Waals surface area (Å²) < 4.78 is 0. The Hall–Kier alpha value is -0.210. The Balaban J connectivity index is 2.57. The van der Waals surface area contributed by atoms with Crippen LogP contribution < -0.4 is 0 Å². The minimum Gasteiger partial charge on any atom is -0.175 e. The summed E-state index contributed by atoms with van der Waals surface area (Å²) in [4.78, 5) is 0. The van der Waals surface area contributed by atoms with E-state index in [4.69, 9.17) is 0 Å². The lowest BCUT2D eigenvalue weighted by Crippen LogP contribution is -1.60. The molecular weight excluding hydrogens is 148 g/mol. The Labute approximate surface area is 64.6 Å². The molecule has 0 atom stereocenters. The SMILES string of the molecule is SCC=Cc1ccsc1. The molecule has 0 nitrogen and oxygen atoms in total. The van der Waals surface area contributed by atoms with Crippen LogP contribution in [0.25, 0.3) is 6.08 Å². The van der Waals surface area contributed by atoms with Gasteiger partial charge in [-0.1, -0.05) is 12.2 Å². The maximum absolute atomic E-state index is 4.05. The van der Waals surface area contributed by atoms with Crippen LogP contribution in [-0.2, 0) is 0 Å². The van der Waals surface area contributed by atoms with E-state index in [-0.39, 0.29) is 0 Å². The van der Waals surface area contributed by atoms with Gasteiger partial charge in [0.1, 0.15) is 0 Å². The van der Waals surface area contributed by atoms with Crippen LogP contribution in [-0.4, -0.2) is 5.75 Å². The predicted molar refractivity (Wildman–Crippen MR) is 47.2 cm³/mol. The van der Waals surface area contributed by atoms with Gasteiger partial charge in [0.25, 0.3) is 0 Å². The topological polar surface area (TPSA) is 0 Å². The van der Waals surface area contributed by atoms with Crippen LogP contribution in [0.1, 0.15) is 5.56 Å². The highest BCUT2D eigenvalue weighted by atomic mass is 32.1. The largest absolute Gasteiger partial charge is 0.175 e. The summed E-state index contributed by atoms with van der Waals surface area (Å²) in [5, 5.41) is 4.18. The molecule has 1 heterocycles. The van der Waals surface area contributed by atoms with Crippen molar-refractivity contribution in [3.05, 3.63) is 28.5 Å². The van der Waals surface area contributed by atoms with Crippen molar-refractivity contribution in [2.75, 3.05) is 5.75 Å². The summed E-state index contributed by atoms with van der Waals surface area (Å²) in [5.74, 6) is 0.815. The van der Waals surface area contributed by atoms with Crippen molar-refractivity contribution in [3.8, 4) is 0 Å². The van der Waals surface area contributed by atoms with E-state index in [2.05, 4.69) is 35.5 Å². The zero-order chi connectivity index (χ0) is 6.53. The number of thiophene rings is 1. The number of rotatable bonds is 2. The monoisotopic (exact) mass is 156 g/mol. The van der Waals surface area contributed by atoms with Crippen molar-refractivity contribution >= 4 is 30.0 Å². The molecule has 1 aromatic rings. The zero-order valence-electron chi connectivity index (χ0n) is 4.95. The maximum Gasteiger partial charge on any atom is 0.00858 e. The van der Waals surface area contributed by atoms with Crippen LogP contribution in [0, 0.1) is 0 Å². The fraction of sp³-hybridized carbons (Fsp3) is 0.143. The first-order valence-corrected chi connectivity index (χ1v) is 4.30. The smallest absolute Gasteiger partial charge is 0.00858 e. The van der Waals surface area contributed by atoms with Gasteiger partial charge in [0.05, 0.1) is 0 Å². The molecule has 2 heteroatoms. The molecule has 1 aromatic heterocycles. The van der Waals surface area contributed by atoms with Crippen LogP contribution in [0.4, 0.5) is 0 Å². The van der Waals surface area contributed by atoms with Crippen LogP contribution in [0.15, 0.2) is 22.9 Å². The third-order valence-corrected chi connectivity index (χ3v) is 1.87. The van der Waals surface area contributed by atoms with E-state index in [1.54, 1.807) is 11.3 Å². The summed E-state index contributed by atoms with van der Waals surface area (Å²) in [5.41, 5.74) is 1.27. The van der Waals surface area contributed by atoms with Crippen LogP contribution in [0.3, 0.4) is 0 Å². The molecular formula is C7H8S2. The maximum atomic E-state index is 4.05. The van der Waals surface area contributed by atoms with Crippen LogP contribution in [0.5, 0.6) is 0 Å². The normalized spacial score (nSPS) is 10.8. The fourth-order valence-electron chi connectivity index (χ4n) is 0.559. The molecule has 1 rings (SSSR count). The summed E-state index contributed by atoms with van der Waals surface area (Å²) in [7, 11) is 0. The van der Waals surface area contributed by atoms with Crippen molar-refractivity contribution in [2.45, 2.75) is 0 Å². The Morgan fingerprint density at radius 1 is 1.67 bits per heavy atom. The fourth-order valence-corrected chi connectivity index (χ4v) is 1.29. The standard InChI is InChI=1S/C7H8S2/c8-4-1-2-7-3-5-9-6-7/h1-3,5-6,8H,4H2. The molecule has 0 bridgehead atoms. The first kappa shape index (κ1) is 6.90. The van der Waals surface area contributed by atoms with E-state index in [1.165, 1.54) is 5.56 Å². The average molecular weight is 156 g/mol. The van der Waals surface area contributed by atoms with E-state index in [0.29, 0.717) is 0 Å². The van der Waals surface area contributed by atoms with E-state index < -0.39 is 0 Å². The van der Waals surface area contributed by atoms with Gasteiger partial charge in [-0.25, -0.2) is 0 Å². The Bertz CT molecular complexity index is 175. The van der Waals surface area contributed by atoms with Gasteiger partial charge < -0.3 is 0 Å². The van der Waals surface area contributed by atoms with Gasteiger partial charge in [0.2, 0.25) is 0 Å². The van der Waals surface area contributed by atoms with Crippen molar-refractivity contribution in [1.82, 2.24) is 0 Å². The quantitative estimate of drug-likeness (QED) is 0.625. The van der Waals surface area contributed by atoms with Gasteiger partial charge in [-0.3, -0.25) is 0 Å². The van der Waals surface area contributed by atoms with Gasteiger partial charge in [0.15, 0.2) is 0 Å². The minimum absolute atomic E-state index is 0.815. The molecule has 0 saturated carbocycles. The average Bonchev–Trinajstić information content (AvgIpc) is 2.34. The first-order valence-electron chi connectivity index (χ1n) is 2.73. The second-order valence-electron chi connectivity index (χ2n) is 1.64. The van der Waals surface area contributed by atoms with E-state index in [9.17, 15) is 0 Å². The molecule has 0 aromatic carbocycles. The van der Waals surface area contributed by atoms with Gasteiger partial charge in [0, 0.05) is 5.75 Å². The number of hydrogen-bond acceptors (Lipinski definition) is 2. The Morgan fingerprint density at radius 3 is 3.11 bits per heavy atom. The third-order valence-electron chi connectivity index (χ3n) is 0.959. The van der Waals surface area contributed by atoms with Gasteiger partial charge >= 0.3 is 0 Å². The van der Waals surface area contributed by atoms with Crippen molar-refractivity contribution in [3.63, 3.8) is 0 Å². The molecule has 0 amide bonds. The highest BCUT2D eigenvalue weighted by Gasteiger charge is 1.81. The van der Waals surface area contributed by atoms with Crippen molar-refractivity contribution < 1.29 is 0 Å². The van der Waals surface area contributed by atoms with Crippen LogP contribution >= 0.6 is 24.0 Å². The first-order chi connectivity index (χ1) is 4.43. The zero-order valence-corrected chi connectivity index (χ0v) is 6.66. The van der Waals surface area contributed by atoms with Crippen molar-refractivity contribution in [1.29, 1.82) is 0 Å². The number of thiol groups is 1. The second kappa shape index (κ2) is 3.75. The third kappa shape index (κ3) is 2.24. The second-order valence-corrected chi connectivity index (χ2v) is 2.79. The van der Waals surface area contributed by atoms with Gasteiger partial charge in [-0.2, -0.15) is 24.0 Å². The van der Waals surface area contributed by atoms with Crippen LogP contribution in [0.2, 0.25) is 0 Å². The van der Waals surface area contributed by atoms with E-state index in [0.717, 1.165) is 5.75 Å². The molecule has 0 aliphatic rings. The molecule has 0 aliphatic heterocycles. The molecule has 9 heavy (non-hydrogen) atoms. The molecule has 0 saturated heterocycles. The molecule has 0 unspecified atom stereocenters. The lowest BCUT2D eigenvalue weighted by molar-refractivity contribution is 1.79. The van der Waals surface area contributed by atoms with Gasteiger partial charge in [-0.05, 0) is 22.4 Å². The summed E-state index contributed by atoms with van der Waals surface area (Å²) in [6.07, 6.45) is 4.11. The molecule has 0 spiro atoms. The number of hydrogen-bond donors (Lipinski definition) is 1. The summed E-state index contributed by atoms with van der Waals surface area (Å²) >= 11 is 5.76. The molecule has 0 N–H and O–H groups in total. The minimum atomic E-state index is 0.815. The highest BCUT2D eigenvalue weighted by molar-refractivity contribution is 7.80. The Morgan fingerprint density at radius 2 is 2.56 bits per heavy atom. The molecule has 0 fully saturated rings. The van der Waals surface area contributed by atoms with E-state index >= 15 is 0 Å². The molecule has 48 valence electrons. The van der Waals surface area contributed by atoms with E-state index in [1.807, 2.05) is 6.08 Å². The Kier molecular flexibility index (Phi) is 2.87. The highest BCUT2D eigenvalue weighted by Crippen LogP contribution is 2.07. The summed E-state index contributed by atoms with van der Waals surface area (Å²) in [6, 6.07) is 2.09. The van der Waals surface area contributed by atoms with Gasteiger partial charge in [-0.15, -0.1) is 0 Å².